The van der Waals surface area contributed by atoms with Crippen LogP contribution in [0.1, 0.15) is 10.5 Å². The van der Waals surface area contributed by atoms with Crippen LogP contribution in [-0.4, -0.2) is 20.7 Å². The average Bonchev–Trinajstić information content (AvgIpc) is 2.75. The van der Waals surface area contributed by atoms with Crippen LogP contribution in [0.25, 0.3) is 11.3 Å². The van der Waals surface area contributed by atoms with Gasteiger partial charge in [0.15, 0.2) is 0 Å². The van der Waals surface area contributed by atoms with Crippen LogP contribution in [-0.2, 0) is 6.54 Å². The standard InChI is InChI=1S/C11H9N5O/c12-3-6-16-10(11(13)17)7-9(15-16)8-1-4-14-5-2-8/h1-2,4-5,7H,6H2,(H2,13,17). The fourth-order valence-corrected chi connectivity index (χ4v) is 1.47. The van der Waals surface area contributed by atoms with E-state index in [1.54, 1.807) is 30.6 Å². The van der Waals surface area contributed by atoms with Crippen molar-refractivity contribution in [1.29, 1.82) is 5.26 Å². The van der Waals surface area contributed by atoms with E-state index in [-0.39, 0.29) is 12.2 Å². The fraction of sp³-hybridized carbons (Fsp3) is 0.0909. The molecule has 2 rings (SSSR count). The van der Waals surface area contributed by atoms with Gasteiger partial charge < -0.3 is 5.73 Å². The number of carbonyl (C=O) groups excluding carboxylic acids is 1. The van der Waals surface area contributed by atoms with E-state index in [2.05, 4.69) is 10.1 Å². The van der Waals surface area contributed by atoms with Crippen molar-refractivity contribution in [1.82, 2.24) is 14.8 Å². The fourth-order valence-electron chi connectivity index (χ4n) is 1.47. The van der Waals surface area contributed by atoms with Gasteiger partial charge in [-0.05, 0) is 18.2 Å². The lowest BCUT2D eigenvalue weighted by Crippen LogP contribution is -2.17. The molecule has 0 bridgehead atoms. The molecule has 84 valence electrons. The van der Waals surface area contributed by atoms with Gasteiger partial charge in [0.1, 0.15) is 12.2 Å². The Hall–Kier alpha value is -2.68. The molecule has 1 amide bonds. The first-order chi connectivity index (χ1) is 8.22. The molecule has 0 saturated carbocycles. The lowest BCUT2D eigenvalue weighted by atomic mass is 10.2. The van der Waals surface area contributed by atoms with Crippen molar-refractivity contribution in [2.45, 2.75) is 6.54 Å². The summed E-state index contributed by atoms with van der Waals surface area (Å²) in [6.45, 7) is -0.0106. The van der Waals surface area contributed by atoms with Crippen LogP contribution in [0.2, 0.25) is 0 Å². The predicted molar refractivity (Wildman–Crippen MR) is 59.6 cm³/mol. The molecule has 2 N–H and O–H groups in total. The summed E-state index contributed by atoms with van der Waals surface area (Å²) in [7, 11) is 0. The molecular weight excluding hydrogens is 218 g/mol. The van der Waals surface area contributed by atoms with Crippen molar-refractivity contribution < 1.29 is 4.79 Å². The number of nitrogens with two attached hydrogens (primary N) is 1. The van der Waals surface area contributed by atoms with Crippen LogP contribution in [0.5, 0.6) is 0 Å². The number of carbonyl (C=O) groups is 1. The maximum Gasteiger partial charge on any atom is 0.267 e. The van der Waals surface area contributed by atoms with Gasteiger partial charge in [0, 0.05) is 18.0 Å². The number of rotatable bonds is 3. The predicted octanol–water partition coefficient (Wildman–Crippen LogP) is 0.568. The summed E-state index contributed by atoms with van der Waals surface area (Å²) in [5.41, 5.74) is 6.85. The van der Waals surface area contributed by atoms with Crippen LogP contribution in [0.4, 0.5) is 0 Å². The first-order valence-corrected chi connectivity index (χ1v) is 4.87. The topological polar surface area (TPSA) is 97.6 Å². The van der Waals surface area contributed by atoms with E-state index >= 15 is 0 Å². The molecule has 2 aromatic heterocycles. The van der Waals surface area contributed by atoms with E-state index in [0.29, 0.717) is 5.69 Å². The first kappa shape index (κ1) is 10.8. The highest BCUT2D eigenvalue weighted by atomic mass is 16.1. The summed E-state index contributed by atoms with van der Waals surface area (Å²) in [5.74, 6) is -0.604. The van der Waals surface area contributed by atoms with Crippen molar-refractivity contribution >= 4 is 5.91 Å². The number of hydrogen-bond donors (Lipinski definition) is 1. The molecule has 0 spiro atoms. The molecule has 2 aromatic rings. The van der Waals surface area contributed by atoms with Crippen molar-refractivity contribution in [2.75, 3.05) is 0 Å². The first-order valence-electron chi connectivity index (χ1n) is 4.87. The molecular formula is C11H9N5O. The van der Waals surface area contributed by atoms with Crippen molar-refractivity contribution in [2.24, 2.45) is 5.73 Å². The summed E-state index contributed by atoms with van der Waals surface area (Å²) in [4.78, 5) is 15.1. The van der Waals surface area contributed by atoms with Gasteiger partial charge >= 0.3 is 0 Å². The Morgan fingerprint density at radius 1 is 1.47 bits per heavy atom. The third kappa shape index (κ3) is 2.13. The molecule has 0 atom stereocenters. The normalized spacial score (nSPS) is 9.82. The van der Waals surface area contributed by atoms with E-state index in [1.165, 1.54) is 4.68 Å². The van der Waals surface area contributed by atoms with E-state index in [4.69, 9.17) is 11.0 Å². The molecule has 0 aliphatic carbocycles. The zero-order valence-electron chi connectivity index (χ0n) is 8.87. The van der Waals surface area contributed by atoms with Crippen molar-refractivity contribution in [3.63, 3.8) is 0 Å². The largest absolute Gasteiger partial charge is 0.364 e. The van der Waals surface area contributed by atoms with Crippen LogP contribution in [0.15, 0.2) is 30.6 Å². The summed E-state index contributed by atoms with van der Waals surface area (Å²) in [6.07, 6.45) is 3.26. The highest BCUT2D eigenvalue weighted by Gasteiger charge is 2.13. The second-order valence-electron chi connectivity index (χ2n) is 3.33. The quantitative estimate of drug-likeness (QED) is 0.828. The molecule has 6 nitrogen and oxygen atoms in total. The van der Waals surface area contributed by atoms with E-state index in [0.717, 1.165) is 5.56 Å². The molecule has 0 aliphatic heterocycles. The molecule has 2 heterocycles. The Morgan fingerprint density at radius 3 is 2.76 bits per heavy atom. The van der Waals surface area contributed by atoms with Crippen LogP contribution in [0, 0.1) is 11.3 Å². The number of primary amides is 1. The van der Waals surface area contributed by atoms with Crippen molar-refractivity contribution in [3.8, 4) is 17.3 Å². The maximum absolute atomic E-state index is 11.2. The van der Waals surface area contributed by atoms with E-state index in [9.17, 15) is 4.79 Å². The summed E-state index contributed by atoms with van der Waals surface area (Å²) >= 11 is 0. The number of nitrogens with zero attached hydrogens (tertiary/aromatic N) is 4. The summed E-state index contributed by atoms with van der Waals surface area (Å²) < 4.78 is 1.29. The molecule has 0 aliphatic rings. The number of hydrogen-bond acceptors (Lipinski definition) is 4. The SMILES string of the molecule is N#CCn1nc(-c2ccncc2)cc1C(N)=O. The average molecular weight is 227 g/mol. The molecule has 6 heteroatoms. The second-order valence-corrected chi connectivity index (χ2v) is 3.33. The van der Waals surface area contributed by atoms with Gasteiger partial charge in [0.25, 0.3) is 5.91 Å². The molecule has 0 unspecified atom stereocenters. The third-order valence-corrected chi connectivity index (χ3v) is 2.23. The van der Waals surface area contributed by atoms with E-state index in [1.807, 2.05) is 6.07 Å². The highest BCUT2D eigenvalue weighted by Crippen LogP contribution is 2.17. The van der Waals surface area contributed by atoms with Gasteiger partial charge in [0.2, 0.25) is 0 Å². The summed E-state index contributed by atoms with van der Waals surface area (Å²) in [5, 5.41) is 12.8. The minimum absolute atomic E-state index is 0.0106. The van der Waals surface area contributed by atoms with Gasteiger partial charge in [-0.1, -0.05) is 0 Å². The Kier molecular flexibility index (Phi) is 2.83. The van der Waals surface area contributed by atoms with Crippen LogP contribution >= 0.6 is 0 Å². The molecule has 0 radical (unpaired) electrons. The Labute approximate surface area is 97.3 Å². The summed E-state index contributed by atoms with van der Waals surface area (Å²) in [6, 6.07) is 7.02. The smallest absolute Gasteiger partial charge is 0.267 e. The van der Waals surface area contributed by atoms with Gasteiger partial charge in [0.05, 0.1) is 11.8 Å². The van der Waals surface area contributed by atoms with Crippen LogP contribution < -0.4 is 5.73 Å². The van der Waals surface area contributed by atoms with E-state index < -0.39 is 5.91 Å². The third-order valence-electron chi connectivity index (χ3n) is 2.23. The minimum atomic E-state index is -0.604. The Balaban J connectivity index is 2.48. The number of aromatic nitrogens is 3. The second kappa shape index (κ2) is 4.45. The Bertz CT molecular complexity index is 582. The molecule has 0 saturated heterocycles. The molecule has 0 aromatic carbocycles. The number of amides is 1. The number of nitriles is 1. The van der Waals surface area contributed by atoms with Crippen molar-refractivity contribution in [3.05, 3.63) is 36.3 Å². The zero-order valence-corrected chi connectivity index (χ0v) is 8.87. The monoisotopic (exact) mass is 227 g/mol. The van der Waals surface area contributed by atoms with Crippen LogP contribution in [0.3, 0.4) is 0 Å². The molecule has 17 heavy (non-hydrogen) atoms. The zero-order chi connectivity index (χ0) is 12.3. The van der Waals surface area contributed by atoms with Gasteiger partial charge in [-0.25, -0.2) is 4.68 Å². The van der Waals surface area contributed by atoms with Gasteiger partial charge in [-0.15, -0.1) is 0 Å². The lowest BCUT2D eigenvalue weighted by Gasteiger charge is -1.96. The highest BCUT2D eigenvalue weighted by molar-refractivity contribution is 5.92. The van der Waals surface area contributed by atoms with Gasteiger partial charge in [-0.2, -0.15) is 10.4 Å². The van der Waals surface area contributed by atoms with Gasteiger partial charge in [-0.3, -0.25) is 9.78 Å². The maximum atomic E-state index is 11.2. The molecule has 0 fully saturated rings. The lowest BCUT2D eigenvalue weighted by molar-refractivity contribution is 0.0990. The number of pyridine rings is 1. The Morgan fingerprint density at radius 2 is 2.18 bits per heavy atom. The minimum Gasteiger partial charge on any atom is -0.364 e.